The van der Waals surface area contributed by atoms with Crippen LogP contribution in [0.5, 0.6) is 0 Å². The number of hydrogen-bond donors (Lipinski definition) is 0. The van der Waals surface area contributed by atoms with Crippen molar-refractivity contribution < 1.29 is 13.9 Å². The van der Waals surface area contributed by atoms with Crippen molar-refractivity contribution in [2.45, 2.75) is 31.8 Å². The Morgan fingerprint density at radius 2 is 1.90 bits per heavy atom. The summed E-state index contributed by atoms with van der Waals surface area (Å²) in [6.45, 7) is 1.81. The maximum Gasteiger partial charge on any atom is 0.225 e. The molecule has 1 atom stereocenters. The van der Waals surface area contributed by atoms with Crippen LogP contribution in [-0.2, 0) is 9.53 Å². The molecule has 1 aromatic carbocycles. The van der Waals surface area contributed by atoms with E-state index in [9.17, 15) is 9.18 Å². The topological polar surface area (TPSA) is 29.5 Å². The van der Waals surface area contributed by atoms with Gasteiger partial charge in [0.05, 0.1) is 13.2 Å². The third-order valence-electron chi connectivity index (χ3n) is 4.32. The average molecular weight is 277 g/mol. The van der Waals surface area contributed by atoms with Crippen LogP contribution >= 0.6 is 0 Å². The second-order valence-electron chi connectivity index (χ2n) is 5.68. The van der Waals surface area contributed by atoms with Crippen LogP contribution < -0.4 is 0 Å². The molecule has 0 N–H and O–H groups in total. The van der Waals surface area contributed by atoms with Crippen LogP contribution in [0.2, 0.25) is 0 Å². The Hall–Kier alpha value is -1.42. The van der Waals surface area contributed by atoms with Crippen LogP contribution in [-0.4, -0.2) is 30.5 Å². The van der Waals surface area contributed by atoms with E-state index in [1.165, 1.54) is 25.0 Å². The van der Waals surface area contributed by atoms with Crippen molar-refractivity contribution in [1.82, 2.24) is 4.90 Å². The summed E-state index contributed by atoms with van der Waals surface area (Å²) in [5.74, 6) is 0.239. The Balaban J connectivity index is 1.66. The highest BCUT2D eigenvalue weighted by Gasteiger charge is 2.31. The highest BCUT2D eigenvalue weighted by Crippen LogP contribution is 2.29. The monoisotopic (exact) mass is 277 g/mol. The molecule has 20 heavy (non-hydrogen) atoms. The molecule has 0 bridgehead atoms. The van der Waals surface area contributed by atoms with E-state index in [-0.39, 0.29) is 23.7 Å². The third-order valence-corrected chi connectivity index (χ3v) is 4.32. The minimum Gasteiger partial charge on any atom is -0.370 e. The van der Waals surface area contributed by atoms with E-state index >= 15 is 0 Å². The zero-order valence-corrected chi connectivity index (χ0v) is 11.6. The maximum atomic E-state index is 13.0. The van der Waals surface area contributed by atoms with Crippen LogP contribution in [0, 0.1) is 11.7 Å². The van der Waals surface area contributed by atoms with Crippen molar-refractivity contribution in [3.63, 3.8) is 0 Å². The van der Waals surface area contributed by atoms with Gasteiger partial charge in [0, 0.05) is 12.5 Å². The maximum absolute atomic E-state index is 13.0. The first kappa shape index (κ1) is 13.6. The standard InChI is InChI=1S/C16H20FNO2/c17-14-7-5-12(6-8-14)15-11-18(9-10-20-15)16(19)13-3-1-2-4-13/h5-8,13,15H,1-4,9-11H2. The molecule has 4 heteroatoms. The molecule has 1 aliphatic carbocycles. The van der Waals surface area contributed by atoms with Gasteiger partial charge in [-0.25, -0.2) is 4.39 Å². The van der Waals surface area contributed by atoms with Crippen LogP contribution in [0.4, 0.5) is 4.39 Å². The number of benzene rings is 1. The summed E-state index contributed by atoms with van der Waals surface area (Å²) >= 11 is 0. The summed E-state index contributed by atoms with van der Waals surface area (Å²) < 4.78 is 18.7. The minimum absolute atomic E-state index is 0.130. The Bertz CT molecular complexity index is 468. The van der Waals surface area contributed by atoms with Crippen molar-refractivity contribution in [2.75, 3.05) is 19.7 Å². The van der Waals surface area contributed by atoms with Gasteiger partial charge in [-0.15, -0.1) is 0 Å². The molecule has 1 aromatic rings. The summed E-state index contributed by atoms with van der Waals surface area (Å²) in [6, 6.07) is 6.36. The average Bonchev–Trinajstić information content (AvgIpc) is 3.01. The molecular formula is C16H20FNO2. The molecule has 2 fully saturated rings. The number of rotatable bonds is 2. The third kappa shape index (κ3) is 2.85. The van der Waals surface area contributed by atoms with Gasteiger partial charge in [0.25, 0.3) is 0 Å². The normalized spacial score (nSPS) is 24.1. The van der Waals surface area contributed by atoms with Crippen LogP contribution in [0.3, 0.4) is 0 Å². The van der Waals surface area contributed by atoms with E-state index in [4.69, 9.17) is 4.74 Å². The van der Waals surface area contributed by atoms with Crippen molar-refractivity contribution in [3.05, 3.63) is 35.6 Å². The second kappa shape index (κ2) is 5.92. The lowest BCUT2D eigenvalue weighted by Gasteiger charge is -2.34. The smallest absolute Gasteiger partial charge is 0.225 e. The fourth-order valence-corrected chi connectivity index (χ4v) is 3.16. The SMILES string of the molecule is O=C(C1CCCC1)N1CCOC(c2ccc(F)cc2)C1. The van der Waals surface area contributed by atoms with Gasteiger partial charge in [0.15, 0.2) is 0 Å². The number of carbonyl (C=O) groups is 1. The van der Waals surface area contributed by atoms with E-state index in [1.807, 2.05) is 4.90 Å². The van der Waals surface area contributed by atoms with Crippen molar-refractivity contribution >= 4 is 5.91 Å². The van der Waals surface area contributed by atoms with E-state index in [0.29, 0.717) is 19.7 Å². The molecule has 1 saturated heterocycles. The summed E-state index contributed by atoms with van der Waals surface area (Å²) in [4.78, 5) is 14.4. The molecule has 1 unspecified atom stereocenters. The van der Waals surface area contributed by atoms with Gasteiger partial charge < -0.3 is 9.64 Å². The molecule has 0 spiro atoms. The van der Waals surface area contributed by atoms with E-state index in [2.05, 4.69) is 0 Å². The summed E-state index contributed by atoms with van der Waals surface area (Å²) in [5, 5.41) is 0. The van der Waals surface area contributed by atoms with E-state index in [1.54, 1.807) is 12.1 Å². The van der Waals surface area contributed by atoms with Crippen LogP contribution in [0.25, 0.3) is 0 Å². The van der Waals surface area contributed by atoms with Gasteiger partial charge >= 0.3 is 0 Å². The Kier molecular flexibility index (Phi) is 4.01. The highest BCUT2D eigenvalue weighted by atomic mass is 19.1. The molecule has 1 saturated carbocycles. The van der Waals surface area contributed by atoms with Crippen molar-refractivity contribution in [1.29, 1.82) is 0 Å². The molecular weight excluding hydrogens is 257 g/mol. The van der Waals surface area contributed by atoms with Crippen LogP contribution in [0.1, 0.15) is 37.4 Å². The molecule has 1 amide bonds. The van der Waals surface area contributed by atoms with E-state index < -0.39 is 0 Å². The largest absolute Gasteiger partial charge is 0.370 e. The van der Waals surface area contributed by atoms with Gasteiger partial charge in [-0.1, -0.05) is 25.0 Å². The minimum atomic E-state index is -0.247. The molecule has 1 heterocycles. The molecule has 3 rings (SSSR count). The first-order valence-corrected chi connectivity index (χ1v) is 7.40. The zero-order valence-electron chi connectivity index (χ0n) is 11.6. The van der Waals surface area contributed by atoms with E-state index in [0.717, 1.165) is 18.4 Å². The van der Waals surface area contributed by atoms with Gasteiger partial charge in [-0.2, -0.15) is 0 Å². The fourth-order valence-electron chi connectivity index (χ4n) is 3.16. The second-order valence-corrected chi connectivity index (χ2v) is 5.68. The zero-order chi connectivity index (χ0) is 13.9. The molecule has 1 aliphatic heterocycles. The summed E-state index contributed by atoms with van der Waals surface area (Å²) in [7, 11) is 0. The lowest BCUT2D eigenvalue weighted by atomic mass is 10.0. The summed E-state index contributed by atoms with van der Waals surface area (Å²) in [6.07, 6.45) is 4.26. The van der Waals surface area contributed by atoms with Crippen molar-refractivity contribution in [2.24, 2.45) is 5.92 Å². The quantitative estimate of drug-likeness (QED) is 0.832. The lowest BCUT2D eigenvalue weighted by Crippen LogP contribution is -2.44. The number of ether oxygens (including phenoxy) is 1. The Labute approximate surface area is 118 Å². The number of halogens is 1. The number of hydrogen-bond acceptors (Lipinski definition) is 2. The van der Waals surface area contributed by atoms with Gasteiger partial charge in [0.1, 0.15) is 11.9 Å². The highest BCUT2D eigenvalue weighted by molar-refractivity contribution is 5.79. The fraction of sp³-hybridized carbons (Fsp3) is 0.562. The first-order chi connectivity index (χ1) is 9.74. The number of carbonyl (C=O) groups excluding carboxylic acids is 1. The summed E-state index contributed by atoms with van der Waals surface area (Å²) in [5.41, 5.74) is 0.940. The predicted octanol–water partition coefficient (Wildman–Crippen LogP) is 2.92. The molecule has 0 aromatic heterocycles. The van der Waals surface area contributed by atoms with Gasteiger partial charge in [0.2, 0.25) is 5.91 Å². The predicted molar refractivity (Wildman–Crippen MR) is 73.6 cm³/mol. The molecule has 3 nitrogen and oxygen atoms in total. The molecule has 108 valence electrons. The van der Waals surface area contributed by atoms with Gasteiger partial charge in [-0.05, 0) is 30.5 Å². The molecule has 0 radical (unpaired) electrons. The van der Waals surface area contributed by atoms with Crippen molar-refractivity contribution in [3.8, 4) is 0 Å². The van der Waals surface area contributed by atoms with Crippen LogP contribution in [0.15, 0.2) is 24.3 Å². The van der Waals surface area contributed by atoms with Gasteiger partial charge in [-0.3, -0.25) is 4.79 Å². The number of amides is 1. The number of morpholine rings is 1. The lowest BCUT2D eigenvalue weighted by molar-refractivity contribution is -0.143. The Morgan fingerprint density at radius 1 is 1.20 bits per heavy atom. The Morgan fingerprint density at radius 3 is 2.60 bits per heavy atom. The number of nitrogens with zero attached hydrogens (tertiary/aromatic N) is 1. The molecule has 2 aliphatic rings. The first-order valence-electron chi connectivity index (χ1n) is 7.40.